The number of ether oxygens (including phenoxy) is 2. The predicted molar refractivity (Wildman–Crippen MR) is 90.5 cm³/mol. The molecule has 132 valence electrons. The highest BCUT2D eigenvalue weighted by molar-refractivity contribution is 5.95. The van der Waals surface area contributed by atoms with Gasteiger partial charge in [0, 0.05) is 18.8 Å². The van der Waals surface area contributed by atoms with Gasteiger partial charge in [-0.2, -0.15) is 0 Å². The molecule has 3 heterocycles. The van der Waals surface area contributed by atoms with Gasteiger partial charge in [0.15, 0.2) is 0 Å². The van der Waals surface area contributed by atoms with Crippen LogP contribution in [0.2, 0.25) is 0 Å². The van der Waals surface area contributed by atoms with Crippen LogP contribution >= 0.6 is 0 Å². The maximum absolute atomic E-state index is 12.9. The van der Waals surface area contributed by atoms with Crippen molar-refractivity contribution in [1.82, 2.24) is 9.88 Å². The number of hydrogen-bond acceptors (Lipinski definition) is 5. The third-order valence-corrected chi connectivity index (χ3v) is 5.09. The second-order valence-electron chi connectivity index (χ2n) is 6.68. The van der Waals surface area contributed by atoms with Crippen LogP contribution in [0.1, 0.15) is 29.0 Å². The van der Waals surface area contributed by atoms with Crippen molar-refractivity contribution in [2.75, 3.05) is 19.8 Å². The molecule has 0 bridgehead atoms. The molecule has 0 aromatic carbocycles. The van der Waals surface area contributed by atoms with E-state index in [1.54, 1.807) is 18.5 Å². The van der Waals surface area contributed by atoms with E-state index in [4.69, 9.17) is 13.9 Å². The van der Waals surface area contributed by atoms with Gasteiger partial charge in [0.1, 0.15) is 5.76 Å². The number of pyridine rings is 1. The fourth-order valence-corrected chi connectivity index (χ4v) is 3.84. The lowest BCUT2D eigenvalue weighted by molar-refractivity contribution is -0.0449. The highest BCUT2D eigenvalue weighted by Gasteiger charge is 2.43. The Balaban J connectivity index is 1.42. The van der Waals surface area contributed by atoms with Gasteiger partial charge in [-0.1, -0.05) is 6.07 Å². The quantitative estimate of drug-likeness (QED) is 0.855. The molecule has 1 amide bonds. The second kappa shape index (κ2) is 6.88. The average Bonchev–Trinajstić information content (AvgIpc) is 3.25. The molecule has 25 heavy (non-hydrogen) atoms. The summed E-state index contributed by atoms with van der Waals surface area (Å²) in [7, 11) is 0. The zero-order valence-electron chi connectivity index (χ0n) is 14.3. The van der Waals surface area contributed by atoms with Gasteiger partial charge in [-0.3, -0.25) is 4.79 Å². The van der Waals surface area contributed by atoms with Gasteiger partial charge in [0.25, 0.3) is 5.91 Å². The summed E-state index contributed by atoms with van der Waals surface area (Å²) in [6.45, 7) is 3.62. The molecular weight excluding hydrogens is 320 g/mol. The number of carbonyl (C=O) groups is 1. The van der Waals surface area contributed by atoms with Gasteiger partial charge in [0.2, 0.25) is 5.88 Å². The van der Waals surface area contributed by atoms with Crippen molar-refractivity contribution in [3.8, 4) is 5.88 Å². The van der Waals surface area contributed by atoms with Crippen molar-refractivity contribution in [3.63, 3.8) is 0 Å². The molecule has 0 spiro atoms. The third-order valence-electron chi connectivity index (χ3n) is 5.09. The van der Waals surface area contributed by atoms with E-state index < -0.39 is 0 Å². The van der Waals surface area contributed by atoms with Gasteiger partial charge >= 0.3 is 0 Å². The van der Waals surface area contributed by atoms with Gasteiger partial charge < -0.3 is 18.8 Å². The number of aromatic nitrogens is 1. The predicted octanol–water partition coefficient (Wildman–Crippen LogP) is 2.68. The van der Waals surface area contributed by atoms with E-state index >= 15 is 0 Å². The van der Waals surface area contributed by atoms with Crippen LogP contribution in [0.25, 0.3) is 0 Å². The molecule has 6 nitrogen and oxygen atoms in total. The van der Waals surface area contributed by atoms with Crippen LogP contribution in [-0.4, -0.2) is 47.7 Å². The molecule has 1 aliphatic heterocycles. The Labute approximate surface area is 146 Å². The number of rotatable bonds is 4. The Bertz CT molecular complexity index is 730. The molecule has 3 unspecified atom stereocenters. The number of aryl methyl sites for hydroxylation is 1. The lowest BCUT2D eigenvalue weighted by atomic mass is 10.1. The number of carbonyl (C=O) groups excluding carboxylic acids is 1. The summed E-state index contributed by atoms with van der Waals surface area (Å²) in [5.74, 6) is 1.70. The number of furan rings is 1. The smallest absolute Gasteiger partial charge is 0.257 e. The van der Waals surface area contributed by atoms with Crippen LogP contribution in [0.4, 0.5) is 0 Å². The maximum atomic E-state index is 12.9. The minimum absolute atomic E-state index is 0.0378. The van der Waals surface area contributed by atoms with Crippen molar-refractivity contribution in [2.24, 2.45) is 5.92 Å². The van der Waals surface area contributed by atoms with E-state index in [0.29, 0.717) is 42.9 Å². The fourth-order valence-electron chi connectivity index (χ4n) is 3.84. The average molecular weight is 342 g/mol. The van der Waals surface area contributed by atoms with Crippen LogP contribution in [0.15, 0.2) is 41.1 Å². The fraction of sp³-hybridized carbons (Fsp3) is 0.474. The van der Waals surface area contributed by atoms with Gasteiger partial charge in [-0.05, 0) is 37.8 Å². The molecule has 4 rings (SSSR count). The van der Waals surface area contributed by atoms with Crippen LogP contribution in [0.3, 0.4) is 0 Å². The van der Waals surface area contributed by atoms with Crippen LogP contribution in [0.5, 0.6) is 5.88 Å². The molecule has 1 aliphatic carbocycles. The molecule has 0 N–H and O–H groups in total. The molecule has 6 heteroatoms. The Morgan fingerprint density at radius 2 is 2.28 bits per heavy atom. The van der Waals surface area contributed by atoms with Crippen molar-refractivity contribution in [3.05, 3.63) is 48.0 Å². The van der Waals surface area contributed by atoms with Crippen molar-refractivity contribution < 1.29 is 18.7 Å². The molecule has 2 aliphatic rings. The van der Waals surface area contributed by atoms with E-state index in [9.17, 15) is 4.79 Å². The normalized spacial score (nSPS) is 25.6. The molecule has 2 aromatic heterocycles. The van der Waals surface area contributed by atoms with E-state index in [1.807, 2.05) is 30.0 Å². The first kappa shape index (κ1) is 16.1. The van der Waals surface area contributed by atoms with E-state index in [1.165, 1.54) is 0 Å². The zero-order chi connectivity index (χ0) is 17.2. The summed E-state index contributed by atoms with van der Waals surface area (Å²) in [6, 6.07) is 7.49. The topological polar surface area (TPSA) is 64.8 Å². The molecule has 3 atom stereocenters. The first-order valence-corrected chi connectivity index (χ1v) is 8.73. The van der Waals surface area contributed by atoms with E-state index in [0.717, 1.165) is 12.8 Å². The van der Waals surface area contributed by atoms with Gasteiger partial charge in [-0.25, -0.2) is 4.98 Å². The monoisotopic (exact) mass is 342 g/mol. The molecule has 2 fully saturated rings. The minimum Gasteiger partial charge on any atom is -0.477 e. The highest BCUT2D eigenvalue weighted by atomic mass is 16.5. The summed E-state index contributed by atoms with van der Waals surface area (Å²) < 4.78 is 17.0. The Morgan fingerprint density at radius 3 is 3.04 bits per heavy atom. The van der Waals surface area contributed by atoms with Crippen molar-refractivity contribution in [2.45, 2.75) is 31.9 Å². The number of fused-ring (bicyclic) bond motifs is 1. The molecule has 1 saturated carbocycles. The van der Waals surface area contributed by atoms with Crippen LogP contribution < -0.4 is 4.74 Å². The zero-order valence-corrected chi connectivity index (χ0v) is 14.3. The number of morpholine rings is 1. The Kier molecular flexibility index (Phi) is 4.44. The van der Waals surface area contributed by atoms with Crippen LogP contribution in [-0.2, 0) is 4.74 Å². The number of hydrogen-bond donors (Lipinski definition) is 0. The third kappa shape index (κ3) is 3.26. The number of nitrogens with zero attached hydrogens (tertiary/aromatic N) is 2. The first-order chi connectivity index (χ1) is 12.2. The maximum Gasteiger partial charge on any atom is 0.257 e. The Hall–Kier alpha value is -2.34. The lowest BCUT2D eigenvalue weighted by Gasteiger charge is -2.37. The Morgan fingerprint density at radius 1 is 1.36 bits per heavy atom. The van der Waals surface area contributed by atoms with Crippen molar-refractivity contribution in [1.29, 1.82) is 0 Å². The summed E-state index contributed by atoms with van der Waals surface area (Å²) in [6.07, 6.45) is 5.17. The van der Waals surface area contributed by atoms with E-state index in [-0.39, 0.29) is 18.1 Å². The largest absolute Gasteiger partial charge is 0.477 e. The van der Waals surface area contributed by atoms with Crippen molar-refractivity contribution >= 4 is 5.91 Å². The molecule has 1 saturated heterocycles. The lowest BCUT2D eigenvalue weighted by Crippen LogP contribution is -2.51. The van der Waals surface area contributed by atoms with Crippen LogP contribution in [0, 0.1) is 12.8 Å². The summed E-state index contributed by atoms with van der Waals surface area (Å²) >= 11 is 0. The number of amides is 1. The standard InChI is InChI=1S/C19H22N2O4/c1-13-15(5-8-23-13)19(22)21-7-9-24-17-11-14(10-16(17)21)12-25-18-4-2-3-6-20-18/h2-6,8,14,16-17H,7,9-12H2,1H3. The molecule has 2 aromatic rings. The first-order valence-electron chi connectivity index (χ1n) is 8.73. The molecule has 0 radical (unpaired) electrons. The highest BCUT2D eigenvalue weighted by Crippen LogP contribution is 2.35. The summed E-state index contributed by atoms with van der Waals surface area (Å²) in [4.78, 5) is 19.0. The SMILES string of the molecule is Cc1occc1C(=O)N1CCOC2CC(COc3ccccn3)CC21. The summed E-state index contributed by atoms with van der Waals surface area (Å²) in [5, 5.41) is 0. The minimum atomic E-state index is 0.0378. The summed E-state index contributed by atoms with van der Waals surface area (Å²) in [5.41, 5.74) is 0.647. The second-order valence-corrected chi connectivity index (χ2v) is 6.68. The van der Waals surface area contributed by atoms with E-state index in [2.05, 4.69) is 4.98 Å². The van der Waals surface area contributed by atoms with Gasteiger partial charge in [-0.15, -0.1) is 0 Å². The van der Waals surface area contributed by atoms with Gasteiger partial charge in [0.05, 0.1) is 37.2 Å². The molecular formula is C19H22N2O4.